The van der Waals surface area contributed by atoms with Crippen molar-refractivity contribution in [1.29, 1.82) is 0 Å². The van der Waals surface area contributed by atoms with Crippen LogP contribution in [0.5, 0.6) is 0 Å². The average molecular weight is 446 g/mol. The van der Waals surface area contributed by atoms with Crippen LogP contribution in [0.4, 0.5) is 0 Å². The van der Waals surface area contributed by atoms with Crippen LogP contribution in [0.25, 0.3) is 0 Å². The van der Waals surface area contributed by atoms with Crippen molar-refractivity contribution in [3.8, 4) is 12.3 Å². The molecular formula is C27H47N3O2. The molecule has 5 heteroatoms. The van der Waals surface area contributed by atoms with Crippen molar-refractivity contribution < 1.29 is 9.53 Å². The van der Waals surface area contributed by atoms with Gasteiger partial charge in [0.15, 0.2) is 0 Å². The van der Waals surface area contributed by atoms with Gasteiger partial charge in [0.05, 0.1) is 18.0 Å². The van der Waals surface area contributed by atoms with Crippen molar-refractivity contribution in [2.75, 3.05) is 6.61 Å². The molecule has 0 aliphatic rings. The summed E-state index contributed by atoms with van der Waals surface area (Å²) in [6.45, 7) is 10.5. The van der Waals surface area contributed by atoms with E-state index in [2.05, 4.69) is 42.7 Å². The number of nitrogens with zero attached hydrogens (tertiary/aromatic N) is 3. The van der Waals surface area contributed by atoms with Crippen molar-refractivity contribution in [3.63, 3.8) is 0 Å². The van der Waals surface area contributed by atoms with Gasteiger partial charge in [-0.25, -0.2) is 9.48 Å². The maximum absolute atomic E-state index is 11.0. The standard InChI is InChI=1S/C27H47N3O2/c1-6-11-17-23(8-3)21-25-26(22-24(9-4)18-12-7-2)30(29-28-25)19-15-13-14-16-20-32-27(31)10-5/h5,23-24H,6-9,11-22H2,1-4H3. The third kappa shape index (κ3) is 11.2. The van der Waals surface area contributed by atoms with Gasteiger partial charge < -0.3 is 4.74 Å². The summed E-state index contributed by atoms with van der Waals surface area (Å²) in [6.07, 6.45) is 21.3. The molecule has 0 radical (unpaired) electrons. The number of aromatic nitrogens is 3. The molecule has 0 bridgehead atoms. The lowest BCUT2D eigenvalue weighted by Gasteiger charge is -2.18. The molecule has 0 aromatic carbocycles. The molecule has 0 saturated carbocycles. The van der Waals surface area contributed by atoms with Crippen molar-refractivity contribution >= 4 is 5.97 Å². The summed E-state index contributed by atoms with van der Waals surface area (Å²) in [5.74, 6) is 2.84. The number of esters is 1. The Bertz CT molecular complexity index is 662. The van der Waals surface area contributed by atoms with Gasteiger partial charge in [-0.2, -0.15) is 0 Å². The maximum Gasteiger partial charge on any atom is 0.384 e. The second-order valence-corrected chi connectivity index (χ2v) is 9.14. The van der Waals surface area contributed by atoms with Crippen LogP contribution in [0.3, 0.4) is 0 Å². The van der Waals surface area contributed by atoms with Crippen LogP contribution in [-0.4, -0.2) is 27.6 Å². The second-order valence-electron chi connectivity index (χ2n) is 9.14. The first-order chi connectivity index (χ1) is 15.6. The highest BCUT2D eigenvalue weighted by Gasteiger charge is 2.20. The summed E-state index contributed by atoms with van der Waals surface area (Å²) in [6, 6.07) is 0. The highest BCUT2D eigenvalue weighted by Crippen LogP contribution is 2.24. The van der Waals surface area contributed by atoms with Gasteiger partial charge in [-0.1, -0.05) is 90.7 Å². The Morgan fingerprint density at radius 2 is 1.56 bits per heavy atom. The average Bonchev–Trinajstić information content (AvgIpc) is 3.18. The van der Waals surface area contributed by atoms with Crippen LogP contribution in [0.2, 0.25) is 0 Å². The zero-order valence-corrected chi connectivity index (χ0v) is 21.2. The molecule has 2 unspecified atom stereocenters. The number of unbranched alkanes of at least 4 members (excludes halogenated alkanes) is 5. The van der Waals surface area contributed by atoms with Crippen molar-refractivity contribution in [2.24, 2.45) is 11.8 Å². The summed E-state index contributed by atoms with van der Waals surface area (Å²) < 4.78 is 7.13. The summed E-state index contributed by atoms with van der Waals surface area (Å²) in [7, 11) is 0. The van der Waals surface area contributed by atoms with E-state index < -0.39 is 5.97 Å². The lowest BCUT2D eigenvalue weighted by atomic mass is 9.90. The van der Waals surface area contributed by atoms with Crippen LogP contribution in [0.15, 0.2) is 0 Å². The molecule has 0 amide bonds. The molecule has 1 aromatic rings. The molecule has 0 aliphatic heterocycles. The Hall–Kier alpha value is -1.83. The van der Waals surface area contributed by atoms with E-state index in [0.29, 0.717) is 18.4 Å². The lowest BCUT2D eigenvalue weighted by Crippen LogP contribution is -2.14. The number of rotatable bonds is 19. The van der Waals surface area contributed by atoms with Crippen LogP contribution < -0.4 is 0 Å². The van der Waals surface area contributed by atoms with E-state index in [1.54, 1.807) is 0 Å². The normalized spacial score (nSPS) is 13.0. The summed E-state index contributed by atoms with van der Waals surface area (Å²) in [5, 5.41) is 9.27. The summed E-state index contributed by atoms with van der Waals surface area (Å²) >= 11 is 0. The fourth-order valence-corrected chi connectivity index (χ4v) is 4.29. The number of carbonyl (C=O) groups is 1. The molecule has 0 fully saturated rings. The number of ether oxygens (including phenoxy) is 1. The largest absolute Gasteiger partial charge is 0.456 e. The van der Waals surface area contributed by atoms with Gasteiger partial charge in [-0.15, -0.1) is 11.5 Å². The Morgan fingerprint density at radius 3 is 2.16 bits per heavy atom. The van der Waals surface area contributed by atoms with E-state index in [-0.39, 0.29) is 0 Å². The van der Waals surface area contributed by atoms with Gasteiger partial charge in [-0.05, 0) is 43.9 Å². The minimum Gasteiger partial charge on any atom is -0.456 e. The number of hydrogen-bond donors (Lipinski definition) is 0. The Kier molecular flexibility index (Phi) is 15.6. The van der Waals surface area contributed by atoms with E-state index in [1.165, 1.54) is 62.8 Å². The van der Waals surface area contributed by atoms with Crippen LogP contribution in [0.1, 0.15) is 116 Å². The lowest BCUT2D eigenvalue weighted by molar-refractivity contribution is -0.136. The van der Waals surface area contributed by atoms with Gasteiger partial charge in [0.2, 0.25) is 0 Å². The number of aryl methyl sites for hydroxylation is 1. The van der Waals surface area contributed by atoms with Gasteiger partial charge in [0.1, 0.15) is 0 Å². The molecular weight excluding hydrogens is 398 g/mol. The summed E-state index contributed by atoms with van der Waals surface area (Å²) in [4.78, 5) is 11.0. The van der Waals surface area contributed by atoms with E-state index in [1.807, 2.05) is 5.92 Å². The Balaban J connectivity index is 2.71. The molecule has 2 atom stereocenters. The molecule has 32 heavy (non-hydrogen) atoms. The SMILES string of the molecule is C#CC(=O)OCCCCCCn1nnc(CC(CC)CCCC)c1CC(CC)CCCC. The first-order valence-corrected chi connectivity index (χ1v) is 13.1. The Labute approximate surface area is 197 Å². The minimum absolute atomic E-state index is 0.410. The predicted octanol–water partition coefficient (Wildman–Crippen LogP) is 6.53. The molecule has 0 saturated heterocycles. The summed E-state index contributed by atoms with van der Waals surface area (Å²) in [5.41, 5.74) is 2.62. The maximum atomic E-state index is 11.0. The van der Waals surface area contributed by atoms with E-state index in [9.17, 15) is 4.79 Å². The van der Waals surface area contributed by atoms with Gasteiger partial charge in [0, 0.05) is 12.5 Å². The van der Waals surface area contributed by atoms with Gasteiger partial charge in [-0.3, -0.25) is 0 Å². The quantitative estimate of drug-likeness (QED) is 0.105. The molecule has 0 N–H and O–H groups in total. The third-order valence-corrected chi connectivity index (χ3v) is 6.58. The topological polar surface area (TPSA) is 57.0 Å². The number of terminal acetylenes is 1. The van der Waals surface area contributed by atoms with Crippen LogP contribution >= 0.6 is 0 Å². The van der Waals surface area contributed by atoms with Crippen molar-refractivity contribution in [1.82, 2.24) is 15.0 Å². The first-order valence-electron chi connectivity index (χ1n) is 13.1. The highest BCUT2D eigenvalue weighted by molar-refractivity contribution is 5.87. The molecule has 5 nitrogen and oxygen atoms in total. The zero-order valence-electron chi connectivity index (χ0n) is 21.2. The molecule has 1 rings (SSSR count). The monoisotopic (exact) mass is 445 g/mol. The predicted molar refractivity (Wildman–Crippen MR) is 132 cm³/mol. The second kappa shape index (κ2) is 17.7. The van der Waals surface area contributed by atoms with Crippen LogP contribution in [-0.2, 0) is 28.9 Å². The van der Waals surface area contributed by atoms with Crippen molar-refractivity contribution in [3.05, 3.63) is 11.4 Å². The van der Waals surface area contributed by atoms with E-state index in [4.69, 9.17) is 11.2 Å². The molecule has 182 valence electrons. The Morgan fingerprint density at radius 1 is 0.938 bits per heavy atom. The fraction of sp³-hybridized carbons (Fsp3) is 0.815. The fourth-order valence-electron chi connectivity index (χ4n) is 4.29. The van der Waals surface area contributed by atoms with Crippen LogP contribution in [0, 0.1) is 24.2 Å². The zero-order chi connectivity index (χ0) is 23.6. The highest BCUT2D eigenvalue weighted by atomic mass is 16.5. The number of hydrogen-bond acceptors (Lipinski definition) is 4. The smallest absolute Gasteiger partial charge is 0.384 e. The third-order valence-electron chi connectivity index (χ3n) is 6.58. The number of carbonyl (C=O) groups excluding carboxylic acids is 1. The molecule has 0 aliphatic carbocycles. The van der Waals surface area contributed by atoms with Gasteiger partial charge >= 0.3 is 5.97 Å². The minimum atomic E-state index is -0.567. The molecule has 1 heterocycles. The first kappa shape index (κ1) is 28.2. The molecule has 1 aromatic heterocycles. The van der Waals surface area contributed by atoms with E-state index in [0.717, 1.165) is 45.1 Å². The van der Waals surface area contributed by atoms with E-state index >= 15 is 0 Å². The van der Waals surface area contributed by atoms with Gasteiger partial charge in [0.25, 0.3) is 0 Å². The molecule has 0 spiro atoms. The van der Waals surface area contributed by atoms with Crippen molar-refractivity contribution in [2.45, 2.75) is 124 Å².